The molecule has 86 valence electrons. The van der Waals surface area contributed by atoms with Crippen molar-refractivity contribution in [2.45, 2.75) is 32.6 Å². The van der Waals surface area contributed by atoms with Gasteiger partial charge in [0.1, 0.15) is 0 Å². The summed E-state index contributed by atoms with van der Waals surface area (Å²) in [6.07, 6.45) is 5.66. The lowest BCUT2D eigenvalue weighted by Gasteiger charge is -2.34. The van der Waals surface area contributed by atoms with Gasteiger partial charge in [-0.15, -0.1) is 24.8 Å². The van der Waals surface area contributed by atoms with Crippen LogP contribution in [0, 0.1) is 5.92 Å². The zero-order chi connectivity index (χ0) is 8.39. The molecule has 2 nitrogen and oxygen atoms in total. The normalized spacial score (nSPS) is 29.4. The molecule has 2 fully saturated rings. The Morgan fingerprint density at radius 2 is 1.50 bits per heavy atom. The first-order valence-corrected chi connectivity index (χ1v) is 5.36. The fourth-order valence-corrected chi connectivity index (χ4v) is 2.33. The summed E-state index contributed by atoms with van der Waals surface area (Å²) in [6.45, 7) is 7.60. The standard InChI is InChI=1S/C10H20N2.2ClH/c1-10-5-8-12(9-10)11-6-3-2-4-7-11;;/h10H,2-9H2,1H3;2*1H. The molecular weight excluding hydrogens is 219 g/mol. The Bertz CT molecular complexity index is 146. The van der Waals surface area contributed by atoms with Crippen molar-refractivity contribution in [1.82, 2.24) is 10.0 Å². The van der Waals surface area contributed by atoms with Gasteiger partial charge in [0.25, 0.3) is 0 Å². The Hall–Kier alpha value is 0.500. The second-order valence-electron chi connectivity index (χ2n) is 4.32. The highest BCUT2D eigenvalue weighted by Gasteiger charge is 2.24. The van der Waals surface area contributed by atoms with Crippen LogP contribution in [0.25, 0.3) is 0 Å². The lowest BCUT2D eigenvalue weighted by atomic mass is 10.1. The average molecular weight is 241 g/mol. The highest BCUT2D eigenvalue weighted by Crippen LogP contribution is 2.20. The van der Waals surface area contributed by atoms with Crippen LogP contribution >= 0.6 is 24.8 Å². The molecule has 2 rings (SSSR count). The van der Waals surface area contributed by atoms with E-state index in [4.69, 9.17) is 0 Å². The summed E-state index contributed by atoms with van der Waals surface area (Å²) in [5.74, 6) is 0.923. The molecule has 2 saturated heterocycles. The highest BCUT2D eigenvalue weighted by atomic mass is 35.5. The van der Waals surface area contributed by atoms with Gasteiger partial charge in [0.15, 0.2) is 0 Å². The van der Waals surface area contributed by atoms with E-state index in [1.54, 1.807) is 0 Å². The second kappa shape index (κ2) is 6.89. The van der Waals surface area contributed by atoms with Gasteiger partial charge in [-0.3, -0.25) is 0 Å². The third kappa shape index (κ3) is 3.58. The van der Waals surface area contributed by atoms with Gasteiger partial charge in [0, 0.05) is 26.2 Å². The first-order chi connectivity index (χ1) is 5.86. The van der Waals surface area contributed by atoms with Crippen LogP contribution in [0.5, 0.6) is 0 Å². The Morgan fingerprint density at radius 3 is 2.00 bits per heavy atom. The van der Waals surface area contributed by atoms with Crippen molar-refractivity contribution in [3.05, 3.63) is 0 Å². The van der Waals surface area contributed by atoms with Gasteiger partial charge in [-0.05, 0) is 25.2 Å². The van der Waals surface area contributed by atoms with Gasteiger partial charge in [-0.25, -0.2) is 10.0 Å². The first kappa shape index (κ1) is 14.5. The van der Waals surface area contributed by atoms with Gasteiger partial charge in [0.05, 0.1) is 0 Å². The SMILES string of the molecule is CC1CCN(N2CCCCC2)C1.Cl.Cl. The maximum atomic E-state index is 2.58. The Balaban J connectivity index is 0.000000845. The minimum Gasteiger partial charge on any atom is -0.242 e. The van der Waals surface area contributed by atoms with Crippen molar-refractivity contribution < 1.29 is 0 Å². The molecule has 14 heavy (non-hydrogen) atoms. The Labute approximate surface area is 99.8 Å². The van der Waals surface area contributed by atoms with E-state index in [2.05, 4.69) is 16.9 Å². The molecule has 2 heterocycles. The predicted molar refractivity (Wildman–Crippen MR) is 65.3 cm³/mol. The molecule has 0 aromatic rings. The maximum Gasteiger partial charge on any atom is 0.0159 e. The molecule has 0 amide bonds. The molecule has 1 atom stereocenters. The number of hydrogen-bond donors (Lipinski definition) is 0. The number of nitrogens with zero attached hydrogens (tertiary/aromatic N) is 2. The molecule has 1 unspecified atom stereocenters. The molecule has 0 spiro atoms. The average Bonchev–Trinajstić information content (AvgIpc) is 2.54. The zero-order valence-corrected chi connectivity index (χ0v) is 10.6. The summed E-state index contributed by atoms with van der Waals surface area (Å²) < 4.78 is 0. The van der Waals surface area contributed by atoms with Gasteiger partial charge in [0.2, 0.25) is 0 Å². The Morgan fingerprint density at radius 1 is 0.857 bits per heavy atom. The summed E-state index contributed by atoms with van der Waals surface area (Å²) in [7, 11) is 0. The minimum absolute atomic E-state index is 0. The van der Waals surface area contributed by atoms with Crippen LogP contribution in [-0.2, 0) is 0 Å². The largest absolute Gasteiger partial charge is 0.242 e. The number of hydrogen-bond acceptors (Lipinski definition) is 2. The first-order valence-electron chi connectivity index (χ1n) is 5.36. The van der Waals surface area contributed by atoms with Gasteiger partial charge in [-0.2, -0.15) is 0 Å². The van der Waals surface area contributed by atoms with Crippen LogP contribution in [-0.4, -0.2) is 36.2 Å². The van der Waals surface area contributed by atoms with Crippen molar-refractivity contribution in [2.75, 3.05) is 26.2 Å². The molecule has 4 heteroatoms. The van der Waals surface area contributed by atoms with Gasteiger partial charge in [-0.1, -0.05) is 13.3 Å². The quantitative estimate of drug-likeness (QED) is 0.696. The van der Waals surface area contributed by atoms with Crippen LogP contribution in [0.1, 0.15) is 32.6 Å². The van der Waals surface area contributed by atoms with E-state index in [-0.39, 0.29) is 24.8 Å². The van der Waals surface area contributed by atoms with E-state index in [9.17, 15) is 0 Å². The summed E-state index contributed by atoms with van der Waals surface area (Å²) in [4.78, 5) is 0. The van der Waals surface area contributed by atoms with E-state index in [1.165, 1.54) is 51.9 Å². The van der Waals surface area contributed by atoms with Gasteiger partial charge < -0.3 is 0 Å². The monoisotopic (exact) mass is 240 g/mol. The number of hydrazine groups is 1. The molecule has 0 bridgehead atoms. The highest BCUT2D eigenvalue weighted by molar-refractivity contribution is 5.85. The number of rotatable bonds is 1. The van der Waals surface area contributed by atoms with E-state index in [1.807, 2.05) is 0 Å². The minimum atomic E-state index is 0. The van der Waals surface area contributed by atoms with E-state index in [0.717, 1.165) is 5.92 Å². The molecule has 0 aromatic heterocycles. The third-order valence-corrected chi connectivity index (χ3v) is 3.13. The number of halogens is 2. The van der Waals surface area contributed by atoms with E-state index < -0.39 is 0 Å². The van der Waals surface area contributed by atoms with E-state index >= 15 is 0 Å². The van der Waals surface area contributed by atoms with Crippen molar-refractivity contribution in [1.29, 1.82) is 0 Å². The molecule has 2 aliphatic heterocycles. The summed E-state index contributed by atoms with van der Waals surface area (Å²) in [5.41, 5.74) is 0. The molecule has 0 N–H and O–H groups in total. The van der Waals surface area contributed by atoms with Crippen LogP contribution in [0.2, 0.25) is 0 Å². The van der Waals surface area contributed by atoms with Gasteiger partial charge >= 0.3 is 0 Å². The third-order valence-electron chi connectivity index (χ3n) is 3.13. The molecule has 0 aromatic carbocycles. The predicted octanol–water partition coefficient (Wildman–Crippen LogP) is 2.57. The summed E-state index contributed by atoms with van der Waals surface area (Å²) in [5, 5.41) is 5.15. The fraction of sp³-hybridized carbons (Fsp3) is 1.00. The fourth-order valence-electron chi connectivity index (χ4n) is 2.33. The molecule has 2 aliphatic rings. The lowest BCUT2D eigenvalue weighted by molar-refractivity contribution is -0.0214. The van der Waals surface area contributed by atoms with Crippen LogP contribution in [0.15, 0.2) is 0 Å². The zero-order valence-electron chi connectivity index (χ0n) is 8.95. The van der Waals surface area contributed by atoms with Crippen molar-refractivity contribution >= 4 is 24.8 Å². The maximum absolute atomic E-state index is 2.58. The summed E-state index contributed by atoms with van der Waals surface area (Å²) >= 11 is 0. The molecule has 0 aliphatic carbocycles. The molecular formula is C10H22Cl2N2. The molecule has 0 radical (unpaired) electrons. The number of piperidine rings is 1. The summed E-state index contributed by atoms with van der Waals surface area (Å²) in [6, 6.07) is 0. The van der Waals surface area contributed by atoms with Crippen LogP contribution < -0.4 is 0 Å². The van der Waals surface area contributed by atoms with Crippen molar-refractivity contribution in [2.24, 2.45) is 5.92 Å². The Kier molecular flexibility index (Phi) is 7.13. The van der Waals surface area contributed by atoms with Crippen molar-refractivity contribution in [3.63, 3.8) is 0 Å². The lowest BCUT2D eigenvalue weighted by Crippen LogP contribution is -2.44. The van der Waals surface area contributed by atoms with Crippen LogP contribution in [0.3, 0.4) is 0 Å². The smallest absolute Gasteiger partial charge is 0.0159 e. The van der Waals surface area contributed by atoms with Crippen molar-refractivity contribution in [3.8, 4) is 0 Å². The van der Waals surface area contributed by atoms with E-state index in [0.29, 0.717) is 0 Å². The topological polar surface area (TPSA) is 6.48 Å². The molecule has 0 saturated carbocycles. The second-order valence-corrected chi connectivity index (χ2v) is 4.32. The van der Waals surface area contributed by atoms with Crippen LogP contribution in [0.4, 0.5) is 0 Å².